The summed E-state index contributed by atoms with van der Waals surface area (Å²) in [6.45, 7) is 5.66. The van der Waals surface area contributed by atoms with E-state index in [0.29, 0.717) is 5.57 Å². The summed E-state index contributed by atoms with van der Waals surface area (Å²) in [6, 6.07) is 67.2. The number of esters is 1. The van der Waals surface area contributed by atoms with Gasteiger partial charge in [-0.3, -0.25) is 0 Å². The number of carbonyl (C=O) groups is 1. The highest BCUT2D eigenvalue weighted by molar-refractivity contribution is 5.87. The average molecular weight is 677 g/mol. The van der Waals surface area contributed by atoms with E-state index in [9.17, 15) is 4.79 Å². The Morgan fingerprint density at radius 3 is 1.13 bits per heavy atom. The summed E-state index contributed by atoms with van der Waals surface area (Å²) in [6.07, 6.45) is 0. The summed E-state index contributed by atoms with van der Waals surface area (Å²) >= 11 is 0. The van der Waals surface area contributed by atoms with Gasteiger partial charge < -0.3 is 14.5 Å². The fourth-order valence-electron chi connectivity index (χ4n) is 6.44. The molecule has 52 heavy (non-hydrogen) atoms. The maximum absolute atomic E-state index is 12.6. The van der Waals surface area contributed by atoms with E-state index in [1.165, 1.54) is 11.1 Å². The predicted octanol–water partition coefficient (Wildman–Crippen LogP) is 12.5. The smallest absolute Gasteiger partial charge is 0.333 e. The van der Waals surface area contributed by atoms with Crippen LogP contribution in [0.1, 0.15) is 24.0 Å². The monoisotopic (exact) mass is 676 g/mol. The van der Waals surface area contributed by atoms with Crippen LogP contribution in [0.25, 0.3) is 11.1 Å². The van der Waals surface area contributed by atoms with Gasteiger partial charge in [-0.05, 0) is 102 Å². The lowest BCUT2D eigenvalue weighted by Gasteiger charge is -2.27. The molecule has 0 aromatic heterocycles. The largest absolute Gasteiger partial charge is 0.461 e. The Balaban J connectivity index is 1.22. The Kier molecular flexibility index (Phi) is 10.4. The number of para-hydroxylation sites is 3. The topological polar surface area (TPSA) is 32.8 Å². The number of carbonyl (C=O) groups excluding carboxylic acids is 1. The number of ether oxygens (including phenoxy) is 1. The van der Waals surface area contributed by atoms with Crippen molar-refractivity contribution >= 4 is 40.1 Å². The van der Waals surface area contributed by atoms with Crippen molar-refractivity contribution in [3.05, 3.63) is 217 Å². The normalized spacial score (nSPS) is 11.3. The molecule has 0 saturated carbocycles. The molecule has 254 valence electrons. The minimum atomic E-state index is -0.397. The van der Waals surface area contributed by atoms with E-state index >= 15 is 0 Å². The maximum Gasteiger partial charge on any atom is 0.333 e. The number of hydrogen-bond acceptors (Lipinski definition) is 4. The summed E-state index contributed by atoms with van der Waals surface area (Å²) in [5, 5.41) is 0. The molecule has 0 radical (unpaired) electrons. The van der Waals surface area contributed by atoms with Crippen molar-refractivity contribution in [1.29, 1.82) is 0 Å². The lowest BCUT2D eigenvalue weighted by molar-refractivity contribution is -0.139. The molecule has 1 atom stereocenters. The molecular weight excluding hydrogens is 637 g/mol. The highest BCUT2D eigenvalue weighted by Crippen LogP contribution is 2.38. The molecule has 1 unspecified atom stereocenters. The minimum Gasteiger partial charge on any atom is -0.461 e. The van der Waals surface area contributed by atoms with Crippen molar-refractivity contribution in [2.24, 2.45) is 0 Å². The predicted molar refractivity (Wildman–Crippen MR) is 215 cm³/mol. The van der Waals surface area contributed by atoms with Crippen LogP contribution in [0.4, 0.5) is 34.1 Å². The summed E-state index contributed by atoms with van der Waals surface area (Å²) in [5.41, 5.74) is 11.1. The first-order valence-electron chi connectivity index (χ1n) is 17.5. The van der Waals surface area contributed by atoms with Gasteiger partial charge in [0.2, 0.25) is 0 Å². The number of benzene rings is 7. The third-order valence-corrected chi connectivity index (χ3v) is 9.11. The van der Waals surface area contributed by atoms with Crippen molar-refractivity contribution in [1.82, 2.24) is 0 Å². The molecule has 4 nitrogen and oxygen atoms in total. The average Bonchev–Trinajstić information content (AvgIpc) is 3.21. The number of nitrogens with zero attached hydrogens (tertiary/aromatic N) is 2. The van der Waals surface area contributed by atoms with E-state index in [0.717, 1.165) is 45.3 Å². The fraction of sp³-hybridized carbons (Fsp3) is 0.0625. The molecule has 7 rings (SSSR count). The van der Waals surface area contributed by atoms with E-state index in [2.05, 4.69) is 162 Å². The second-order valence-corrected chi connectivity index (χ2v) is 12.7. The SMILES string of the molecule is C=C(C)C(=O)OCC(c1ccc(N(c2ccccc2)c2ccccc2)cc1)c1ccc(N(c2ccccc2)c2ccc(-c3ccccc3)cc2)cc1. The summed E-state index contributed by atoms with van der Waals surface area (Å²) in [7, 11) is 0. The van der Waals surface area contributed by atoms with E-state index in [1.54, 1.807) is 6.92 Å². The van der Waals surface area contributed by atoms with E-state index in [4.69, 9.17) is 4.74 Å². The second kappa shape index (κ2) is 15.9. The third kappa shape index (κ3) is 7.72. The molecule has 0 spiro atoms. The zero-order chi connectivity index (χ0) is 35.7. The Morgan fingerprint density at radius 2 is 0.769 bits per heavy atom. The molecule has 0 saturated heterocycles. The highest BCUT2D eigenvalue weighted by atomic mass is 16.5. The van der Waals surface area contributed by atoms with Crippen LogP contribution < -0.4 is 9.80 Å². The first-order chi connectivity index (χ1) is 25.5. The molecule has 0 amide bonds. The molecule has 0 aliphatic rings. The highest BCUT2D eigenvalue weighted by Gasteiger charge is 2.20. The molecule has 0 aliphatic carbocycles. The van der Waals surface area contributed by atoms with Crippen LogP contribution in [0.15, 0.2) is 206 Å². The summed E-state index contributed by atoms with van der Waals surface area (Å²) < 4.78 is 5.80. The molecular formula is C48H40N2O2. The van der Waals surface area contributed by atoms with Crippen molar-refractivity contribution < 1.29 is 9.53 Å². The zero-order valence-electron chi connectivity index (χ0n) is 29.2. The zero-order valence-corrected chi connectivity index (χ0v) is 29.2. The van der Waals surface area contributed by atoms with E-state index in [1.807, 2.05) is 48.5 Å². The molecule has 0 heterocycles. The van der Waals surface area contributed by atoms with Gasteiger partial charge in [0.15, 0.2) is 0 Å². The summed E-state index contributed by atoms with van der Waals surface area (Å²) in [5.74, 6) is -0.588. The van der Waals surface area contributed by atoms with Crippen LogP contribution in [0.5, 0.6) is 0 Å². The van der Waals surface area contributed by atoms with Gasteiger partial charge >= 0.3 is 5.97 Å². The van der Waals surface area contributed by atoms with Crippen LogP contribution >= 0.6 is 0 Å². The Bertz CT molecular complexity index is 2160. The number of hydrogen-bond donors (Lipinski definition) is 0. The van der Waals surface area contributed by atoms with Gasteiger partial charge in [0.25, 0.3) is 0 Å². The van der Waals surface area contributed by atoms with Crippen molar-refractivity contribution in [2.75, 3.05) is 16.4 Å². The number of rotatable bonds is 12. The number of anilines is 6. The molecule has 7 aromatic carbocycles. The fourth-order valence-corrected chi connectivity index (χ4v) is 6.44. The van der Waals surface area contributed by atoms with Gasteiger partial charge in [-0.1, -0.05) is 128 Å². The second-order valence-electron chi connectivity index (χ2n) is 12.7. The molecule has 0 aliphatic heterocycles. The first-order valence-corrected chi connectivity index (χ1v) is 17.5. The Labute approximate surface area is 306 Å². The minimum absolute atomic E-state index is 0.189. The van der Waals surface area contributed by atoms with Gasteiger partial charge in [0, 0.05) is 45.6 Å². The van der Waals surface area contributed by atoms with Gasteiger partial charge in [-0.15, -0.1) is 0 Å². The molecule has 4 heteroatoms. The van der Waals surface area contributed by atoms with Crippen molar-refractivity contribution in [2.45, 2.75) is 12.8 Å². The van der Waals surface area contributed by atoms with Gasteiger partial charge in [0.05, 0.1) is 0 Å². The lowest BCUT2D eigenvalue weighted by Crippen LogP contribution is -2.15. The van der Waals surface area contributed by atoms with E-state index < -0.39 is 5.97 Å². The Hall–Kier alpha value is -6.65. The quantitative estimate of drug-likeness (QED) is 0.0952. The molecule has 0 N–H and O–H groups in total. The van der Waals surface area contributed by atoms with Crippen LogP contribution in [0.3, 0.4) is 0 Å². The maximum atomic E-state index is 12.6. The van der Waals surface area contributed by atoms with E-state index in [-0.39, 0.29) is 12.5 Å². The molecule has 0 bridgehead atoms. The van der Waals surface area contributed by atoms with Crippen LogP contribution in [0, 0.1) is 0 Å². The third-order valence-electron chi connectivity index (χ3n) is 9.11. The van der Waals surface area contributed by atoms with Crippen LogP contribution in [-0.4, -0.2) is 12.6 Å². The first kappa shape index (κ1) is 33.8. The molecule has 7 aromatic rings. The molecule has 0 fully saturated rings. The van der Waals surface area contributed by atoms with Crippen LogP contribution in [0.2, 0.25) is 0 Å². The summed E-state index contributed by atoms with van der Waals surface area (Å²) in [4.78, 5) is 17.1. The van der Waals surface area contributed by atoms with Gasteiger partial charge in [-0.2, -0.15) is 0 Å². The van der Waals surface area contributed by atoms with Crippen LogP contribution in [-0.2, 0) is 9.53 Å². The van der Waals surface area contributed by atoms with Gasteiger partial charge in [-0.25, -0.2) is 4.79 Å². The standard InChI is InChI=1S/C48H40N2O2/c1-36(2)48(51)52-35-47(39-25-31-45(32-26-39)49(41-17-9-4-10-18-41)42-19-11-5-12-20-42)40-27-33-46(34-28-40)50(43-21-13-6-14-22-43)44-29-23-38(24-30-44)37-15-7-3-8-16-37/h3-34,47H,1,35H2,2H3. The van der Waals surface area contributed by atoms with Crippen molar-refractivity contribution in [3.63, 3.8) is 0 Å². The Morgan fingerprint density at radius 1 is 0.462 bits per heavy atom. The van der Waals surface area contributed by atoms with Crippen molar-refractivity contribution in [3.8, 4) is 11.1 Å². The van der Waals surface area contributed by atoms with Gasteiger partial charge in [0.1, 0.15) is 6.61 Å². The lowest BCUT2D eigenvalue weighted by atomic mass is 9.91.